The number of thiophene rings is 1. The van der Waals surface area contributed by atoms with Crippen LogP contribution in [-0.4, -0.2) is 18.3 Å². The molecule has 2 aliphatic rings. The first kappa shape index (κ1) is 22.3. The van der Waals surface area contributed by atoms with Crippen molar-refractivity contribution in [2.75, 3.05) is 6.61 Å². The summed E-state index contributed by atoms with van der Waals surface area (Å²) in [6.45, 7) is 7.27. The fourth-order valence-corrected chi connectivity index (χ4v) is 5.15. The Morgan fingerprint density at radius 2 is 1.59 bits per heavy atom. The maximum absolute atomic E-state index is 12.9. The molecular weight excluding hydrogens is 378 g/mol. The fourth-order valence-electron chi connectivity index (χ4n) is 3.94. The number of ketones is 1. The van der Waals surface area contributed by atoms with E-state index in [2.05, 4.69) is 20.8 Å². The van der Waals surface area contributed by atoms with Crippen molar-refractivity contribution < 1.29 is 9.53 Å². The number of fused-ring (bicyclic) bond motifs is 2. The average molecular weight is 415 g/mol. The van der Waals surface area contributed by atoms with Gasteiger partial charge in [0.1, 0.15) is 10.9 Å². The number of hydrogen-bond acceptors (Lipinski definition) is 4. The number of nitrogens with zero attached hydrogens (tertiary/aromatic N) is 1. The number of carbonyl (C=O) groups excluding carboxylic acids is 1. The summed E-state index contributed by atoms with van der Waals surface area (Å²) in [6.07, 6.45) is 16.8. The summed E-state index contributed by atoms with van der Waals surface area (Å²) in [5.74, 6) is 1.61. The standard InChI is InChI=1S/C25H36NO2S/c1-4-6-8-10-12-14-16-28-24-20-17-19(20)23(27)22-18(3)21(29-25(22)26-24)15-13-11-9-7-5-2/h17H,4-16H2,1-3H3. The van der Waals surface area contributed by atoms with Crippen LogP contribution in [0.1, 0.15) is 105 Å². The second-order valence-electron chi connectivity index (χ2n) is 8.33. The van der Waals surface area contributed by atoms with Crippen molar-refractivity contribution in [3.63, 3.8) is 0 Å². The second-order valence-corrected chi connectivity index (χ2v) is 9.41. The quantitative estimate of drug-likeness (QED) is 0.310. The van der Waals surface area contributed by atoms with Gasteiger partial charge in [0.05, 0.1) is 12.2 Å². The van der Waals surface area contributed by atoms with Crippen LogP contribution in [0.15, 0.2) is 16.6 Å². The molecule has 0 N–H and O–H groups in total. The van der Waals surface area contributed by atoms with Crippen molar-refractivity contribution in [2.24, 2.45) is 4.99 Å². The van der Waals surface area contributed by atoms with Crippen LogP contribution in [0.3, 0.4) is 0 Å². The van der Waals surface area contributed by atoms with E-state index < -0.39 is 0 Å². The van der Waals surface area contributed by atoms with Gasteiger partial charge in [0, 0.05) is 10.5 Å². The molecule has 1 radical (unpaired) electrons. The maximum atomic E-state index is 12.9. The molecular formula is C25H36NO2S. The lowest BCUT2D eigenvalue weighted by Gasteiger charge is -2.06. The molecule has 0 amide bonds. The van der Waals surface area contributed by atoms with Gasteiger partial charge in [-0.05, 0) is 31.7 Å². The Morgan fingerprint density at radius 1 is 0.931 bits per heavy atom. The van der Waals surface area contributed by atoms with Crippen LogP contribution < -0.4 is 0 Å². The summed E-state index contributed by atoms with van der Waals surface area (Å²) in [4.78, 5) is 19.1. The van der Waals surface area contributed by atoms with Crippen LogP contribution in [0.25, 0.3) is 0 Å². The van der Waals surface area contributed by atoms with Gasteiger partial charge < -0.3 is 4.74 Å². The molecule has 159 valence electrons. The van der Waals surface area contributed by atoms with Gasteiger partial charge in [0.2, 0.25) is 5.90 Å². The number of rotatable bonds is 13. The van der Waals surface area contributed by atoms with Crippen LogP contribution in [0.5, 0.6) is 0 Å². The molecule has 1 aliphatic carbocycles. The monoisotopic (exact) mass is 414 g/mol. The van der Waals surface area contributed by atoms with E-state index in [0.717, 1.165) is 40.5 Å². The van der Waals surface area contributed by atoms with Gasteiger partial charge in [0.25, 0.3) is 0 Å². The SMILES string of the molecule is CCCCCCCCOC1=Nc2sc(CCCCCCC)c(C)c2C(=O)[C]2C=C21. The number of Topliss-reactive ketones (excluding diaryl/α,β-unsaturated/α-hetero) is 1. The van der Waals surface area contributed by atoms with E-state index in [9.17, 15) is 4.79 Å². The average Bonchev–Trinajstić information content (AvgIpc) is 3.46. The van der Waals surface area contributed by atoms with Crippen molar-refractivity contribution in [3.05, 3.63) is 33.6 Å². The summed E-state index contributed by atoms with van der Waals surface area (Å²) < 4.78 is 6.02. The number of aliphatic imine (C=N–C) groups is 1. The van der Waals surface area contributed by atoms with Crippen LogP contribution in [-0.2, 0) is 11.2 Å². The van der Waals surface area contributed by atoms with Crippen LogP contribution in [0, 0.1) is 12.8 Å². The smallest absolute Gasteiger partial charge is 0.219 e. The Hall–Kier alpha value is -1.42. The molecule has 2 heterocycles. The first-order valence-electron chi connectivity index (χ1n) is 11.6. The highest BCUT2D eigenvalue weighted by Gasteiger charge is 2.43. The lowest BCUT2D eigenvalue weighted by atomic mass is 10.0. The molecule has 1 aromatic rings. The van der Waals surface area contributed by atoms with Crippen LogP contribution in [0.2, 0.25) is 0 Å². The molecule has 29 heavy (non-hydrogen) atoms. The third kappa shape index (κ3) is 5.81. The Morgan fingerprint density at radius 3 is 2.31 bits per heavy atom. The van der Waals surface area contributed by atoms with Crippen LogP contribution in [0.4, 0.5) is 5.00 Å². The van der Waals surface area contributed by atoms with Crippen molar-refractivity contribution in [2.45, 2.75) is 97.8 Å². The fraction of sp³-hybridized carbons (Fsp3) is 0.640. The second kappa shape index (κ2) is 11.1. The maximum Gasteiger partial charge on any atom is 0.219 e. The zero-order valence-electron chi connectivity index (χ0n) is 18.4. The molecule has 4 heteroatoms. The number of allylic oxidation sites excluding steroid dienone is 1. The Labute approximate surface area is 180 Å². The van der Waals surface area contributed by atoms with Crippen molar-refractivity contribution in [3.8, 4) is 0 Å². The predicted octanol–water partition coefficient (Wildman–Crippen LogP) is 7.69. The van der Waals surface area contributed by atoms with E-state index in [1.165, 1.54) is 69.1 Å². The Balaban J connectivity index is 1.58. The van der Waals surface area contributed by atoms with Crippen LogP contribution >= 0.6 is 11.3 Å². The molecule has 1 aliphatic heterocycles. The number of ether oxygens (including phenoxy) is 1. The summed E-state index contributed by atoms with van der Waals surface area (Å²) >= 11 is 1.69. The van der Waals surface area contributed by atoms with E-state index in [1.54, 1.807) is 11.3 Å². The molecule has 0 saturated heterocycles. The number of aryl methyl sites for hydroxylation is 1. The highest BCUT2D eigenvalue weighted by atomic mass is 32.1. The highest BCUT2D eigenvalue weighted by Crippen LogP contribution is 2.47. The largest absolute Gasteiger partial charge is 0.477 e. The van der Waals surface area contributed by atoms with Gasteiger partial charge in [-0.25, -0.2) is 4.99 Å². The first-order chi connectivity index (χ1) is 14.2. The molecule has 1 aromatic heterocycles. The van der Waals surface area contributed by atoms with Gasteiger partial charge in [-0.3, -0.25) is 4.79 Å². The van der Waals surface area contributed by atoms with E-state index in [0.29, 0.717) is 12.5 Å². The normalized spacial score (nSPS) is 15.5. The number of hydrogen-bond donors (Lipinski definition) is 0. The molecule has 0 bridgehead atoms. The Kier molecular flexibility index (Phi) is 8.53. The minimum absolute atomic E-state index is 0.142. The van der Waals surface area contributed by atoms with E-state index in [1.807, 2.05) is 6.08 Å². The van der Waals surface area contributed by atoms with Crippen molar-refractivity contribution >= 4 is 28.0 Å². The number of carbonyl (C=O) groups is 1. The lowest BCUT2D eigenvalue weighted by molar-refractivity contribution is 0.102. The van der Waals surface area contributed by atoms with E-state index in [4.69, 9.17) is 9.73 Å². The highest BCUT2D eigenvalue weighted by molar-refractivity contribution is 7.16. The molecule has 0 spiro atoms. The third-order valence-electron chi connectivity index (χ3n) is 5.87. The molecule has 0 fully saturated rings. The van der Waals surface area contributed by atoms with Gasteiger partial charge in [-0.15, -0.1) is 11.3 Å². The first-order valence-corrected chi connectivity index (χ1v) is 12.5. The predicted molar refractivity (Wildman–Crippen MR) is 124 cm³/mol. The van der Waals surface area contributed by atoms with Gasteiger partial charge >= 0.3 is 0 Å². The van der Waals surface area contributed by atoms with E-state index >= 15 is 0 Å². The zero-order valence-corrected chi connectivity index (χ0v) is 19.3. The number of unbranched alkanes of at least 4 members (excludes halogenated alkanes) is 9. The third-order valence-corrected chi connectivity index (χ3v) is 7.12. The molecule has 3 nitrogen and oxygen atoms in total. The van der Waals surface area contributed by atoms with Gasteiger partial charge in [0.15, 0.2) is 5.78 Å². The topological polar surface area (TPSA) is 38.7 Å². The Bertz CT molecular complexity index is 759. The minimum Gasteiger partial charge on any atom is -0.477 e. The van der Waals surface area contributed by atoms with Gasteiger partial charge in [-0.1, -0.05) is 77.7 Å². The van der Waals surface area contributed by atoms with Crippen molar-refractivity contribution in [1.29, 1.82) is 0 Å². The molecule has 0 atom stereocenters. The van der Waals surface area contributed by atoms with E-state index in [-0.39, 0.29) is 5.78 Å². The molecule has 0 aromatic carbocycles. The zero-order chi connectivity index (χ0) is 20.6. The molecule has 3 rings (SSSR count). The minimum atomic E-state index is 0.142. The summed E-state index contributed by atoms with van der Waals surface area (Å²) in [5, 5.41) is 0.856. The summed E-state index contributed by atoms with van der Waals surface area (Å²) in [6, 6.07) is 0. The molecule has 0 unspecified atom stereocenters. The van der Waals surface area contributed by atoms with Crippen molar-refractivity contribution in [1.82, 2.24) is 0 Å². The summed E-state index contributed by atoms with van der Waals surface area (Å²) in [5.41, 5.74) is 2.88. The summed E-state index contributed by atoms with van der Waals surface area (Å²) in [7, 11) is 0. The van der Waals surface area contributed by atoms with Gasteiger partial charge in [-0.2, -0.15) is 0 Å². The molecule has 0 saturated carbocycles. The lowest BCUT2D eigenvalue weighted by Crippen LogP contribution is -2.08.